The van der Waals surface area contributed by atoms with E-state index in [1.54, 1.807) is 7.05 Å². The zero-order valence-corrected chi connectivity index (χ0v) is 12.4. The Kier molecular flexibility index (Phi) is 5.50. The summed E-state index contributed by atoms with van der Waals surface area (Å²) in [6, 6.07) is 1.84. The van der Waals surface area contributed by atoms with Gasteiger partial charge >= 0.3 is 5.69 Å². The lowest BCUT2D eigenvalue weighted by atomic mass is 10.2. The predicted molar refractivity (Wildman–Crippen MR) is 76.4 cm³/mol. The van der Waals surface area contributed by atoms with Gasteiger partial charge in [0.2, 0.25) is 0 Å². The van der Waals surface area contributed by atoms with Gasteiger partial charge in [0.1, 0.15) is 0 Å². The second-order valence-corrected chi connectivity index (χ2v) is 5.25. The molecule has 1 unspecified atom stereocenters. The van der Waals surface area contributed by atoms with Gasteiger partial charge in [0.15, 0.2) is 0 Å². The van der Waals surface area contributed by atoms with Crippen molar-refractivity contribution in [3.63, 3.8) is 0 Å². The highest BCUT2D eigenvalue weighted by molar-refractivity contribution is 5.02. The van der Waals surface area contributed by atoms with E-state index in [1.165, 1.54) is 17.7 Å². The Balaban J connectivity index is 2.69. The Morgan fingerprint density at radius 3 is 2.47 bits per heavy atom. The quantitative estimate of drug-likeness (QED) is 0.756. The standard InChI is InChI=1S/C13H24N4O2/c1-10(6-7-15(2)3)14-9-11-8-12(18)17(5)13(19)16(11)4/h8,10,14H,6-7,9H2,1-5H3. The van der Waals surface area contributed by atoms with Gasteiger partial charge in [0.05, 0.1) is 0 Å². The van der Waals surface area contributed by atoms with Gasteiger partial charge in [0.25, 0.3) is 5.56 Å². The molecule has 1 atom stereocenters. The van der Waals surface area contributed by atoms with Crippen molar-refractivity contribution in [2.24, 2.45) is 14.1 Å². The van der Waals surface area contributed by atoms with E-state index in [9.17, 15) is 9.59 Å². The Hall–Kier alpha value is -1.40. The van der Waals surface area contributed by atoms with E-state index in [2.05, 4.69) is 17.1 Å². The molecule has 0 bridgehead atoms. The molecule has 0 radical (unpaired) electrons. The summed E-state index contributed by atoms with van der Waals surface area (Å²) in [6.07, 6.45) is 1.02. The van der Waals surface area contributed by atoms with Crippen molar-refractivity contribution in [2.45, 2.75) is 25.9 Å². The van der Waals surface area contributed by atoms with Gasteiger partial charge in [-0.05, 0) is 34.0 Å². The molecule has 0 fully saturated rings. The molecule has 108 valence electrons. The fraction of sp³-hybridized carbons (Fsp3) is 0.692. The third-order valence-electron chi connectivity index (χ3n) is 3.27. The van der Waals surface area contributed by atoms with Gasteiger partial charge in [-0.2, -0.15) is 0 Å². The monoisotopic (exact) mass is 268 g/mol. The zero-order valence-electron chi connectivity index (χ0n) is 12.4. The van der Waals surface area contributed by atoms with Gasteiger partial charge < -0.3 is 10.2 Å². The van der Waals surface area contributed by atoms with E-state index in [1.807, 2.05) is 14.1 Å². The Morgan fingerprint density at radius 2 is 1.89 bits per heavy atom. The van der Waals surface area contributed by atoms with E-state index < -0.39 is 0 Å². The Bertz CT molecular complexity index is 530. The second kappa shape index (κ2) is 6.68. The van der Waals surface area contributed by atoms with Crippen molar-refractivity contribution in [1.82, 2.24) is 19.4 Å². The predicted octanol–water partition coefficient (Wildman–Crippen LogP) is -0.486. The van der Waals surface area contributed by atoms with Crippen LogP contribution in [-0.2, 0) is 20.6 Å². The minimum atomic E-state index is -0.287. The van der Waals surface area contributed by atoms with Crippen molar-refractivity contribution in [1.29, 1.82) is 0 Å². The first kappa shape index (κ1) is 15.7. The summed E-state index contributed by atoms with van der Waals surface area (Å²) in [5, 5.41) is 3.33. The fourth-order valence-corrected chi connectivity index (χ4v) is 1.78. The van der Waals surface area contributed by atoms with Crippen LogP contribution in [0.3, 0.4) is 0 Å². The van der Waals surface area contributed by atoms with Crippen LogP contribution in [0.15, 0.2) is 15.7 Å². The van der Waals surface area contributed by atoms with Crippen molar-refractivity contribution < 1.29 is 0 Å². The van der Waals surface area contributed by atoms with Crippen LogP contribution in [0.1, 0.15) is 19.0 Å². The molecule has 0 aliphatic carbocycles. The molecule has 0 amide bonds. The normalized spacial score (nSPS) is 12.9. The lowest BCUT2D eigenvalue weighted by Crippen LogP contribution is -2.40. The first-order valence-corrected chi connectivity index (χ1v) is 6.47. The van der Waals surface area contributed by atoms with Crippen LogP contribution in [0, 0.1) is 0 Å². The molecule has 0 spiro atoms. The van der Waals surface area contributed by atoms with Crippen LogP contribution in [0.2, 0.25) is 0 Å². The van der Waals surface area contributed by atoms with E-state index in [0.717, 1.165) is 17.5 Å². The van der Waals surface area contributed by atoms with Gasteiger partial charge in [-0.25, -0.2) is 4.79 Å². The maximum absolute atomic E-state index is 11.8. The summed E-state index contributed by atoms with van der Waals surface area (Å²) in [6.45, 7) is 3.63. The highest BCUT2D eigenvalue weighted by Gasteiger charge is 2.07. The Labute approximate surface area is 113 Å². The molecule has 6 nitrogen and oxygen atoms in total. The number of hydrogen-bond acceptors (Lipinski definition) is 4. The fourth-order valence-electron chi connectivity index (χ4n) is 1.78. The van der Waals surface area contributed by atoms with Crippen molar-refractivity contribution in [3.8, 4) is 0 Å². The van der Waals surface area contributed by atoms with Crippen LogP contribution in [0.25, 0.3) is 0 Å². The SMILES string of the molecule is CC(CCN(C)C)NCc1cc(=O)n(C)c(=O)n1C. The first-order valence-electron chi connectivity index (χ1n) is 6.47. The number of hydrogen-bond donors (Lipinski definition) is 1. The summed E-state index contributed by atoms with van der Waals surface area (Å²) in [7, 11) is 7.25. The largest absolute Gasteiger partial charge is 0.330 e. The average molecular weight is 268 g/mol. The average Bonchev–Trinajstić information content (AvgIpc) is 2.36. The van der Waals surface area contributed by atoms with E-state index in [4.69, 9.17) is 0 Å². The second-order valence-electron chi connectivity index (χ2n) is 5.25. The van der Waals surface area contributed by atoms with E-state index in [-0.39, 0.29) is 11.2 Å². The molecule has 0 saturated carbocycles. The highest BCUT2D eigenvalue weighted by atomic mass is 16.2. The van der Waals surface area contributed by atoms with Crippen LogP contribution < -0.4 is 16.6 Å². The molecular formula is C13H24N4O2. The van der Waals surface area contributed by atoms with Gasteiger partial charge in [0, 0.05) is 38.4 Å². The van der Waals surface area contributed by atoms with Gasteiger partial charge in [-0.3, -0.25) is 13.9 Å². The third-order valence-corrected chi connectivity index (χ3v) is 3.27. The maximum Gasteiger partial charge on any atom is 0.330 e. The van der Waals surface area contributed by atoms with Crippen LogP contribution >= 0.6 is 0 Å². The number of nitrogens with one attached hydrogen (secondary N) is 1. The highest BCUT2D eigenvalue weighted by Crippen LogP contribution is 1.96. The molecule has 19 heavy (non-hydrogen) atoms. The van der Waals surface area contributed by atoms with Gasteiger partial charge in [-0.15, -0.1) is 0 Å². The summed E-state index contributed by atoms with van der Waals surface area (Å²) < 4.78 is 2.62. The minimum Gasteiger partial charge on any atom is -0.309 e. The maximum atomic E-state index is 11.8. The summed E-state index contributed by atoms with van der Waals surface area (Å²) >= 11 is 0. The minimum absolute atomic E-state index is 0.263. The Morgan fingerprint density at radius 1 is 1.26 bits per heavy atom. The number of rotatable bonds is 6. The van der Waals surface area contributed by atoms with E-state index >= 15 is 0 Å². The third kappa shape index (κ3) is 4.33. The first-order chi connectivity index (χ1) is 8.82. The summed E-state index contributed by atoms with van der Waals surface area (Å²) in [5.74, 6) is 0. The lowest BCUT2D eigenvalue weighted by Gasteiger charge is -2.17. The molecule has 1 aromatic rings. The van der Waals surface area contributed by atoms with Crippen LogP contribution in [0.5, 0.6) is 0 Å². The molecule has 6 heteroatoms. The van der Waals surface area contributed by atoms with Crippen LogP contribution in [0.4, 0.5) is 0 Å². The molecule has 0 aliphatic rings. The molecule has 1 heterocycles. The van der Waals surface area contributed by atoms with E-state index in [0.29, 0.717) is 18.3 Å². The molecular weight excluding hydrogens is 244 g/mol. The summed E-state index contributed by atoms with van der Waals surface area (Å²) in [4.78, 5) is 25.5. The number of aromatic nitrogens is 2. The molecule has 0 aliphatic heterocycles. The zero-order chi connectivity index (χ0) is 14.6. The summed E-state index contributed by atoms with van der Waals surface area (Å²) in [5.41, 5.74) is 0.163. The molecule has 1 rings (SSSR count). The molecule has 1 N–H and O–H groups in total. The lowest BCUT2D eigenvalue weighted by molar-refractivity contribution is 0.364. The van der Waals surface area contributed by atoms with Gasteiger partial charge in [-0.1, -0.05) is 0 Å². The smallest absolute Gasteiger partial charge is 0.309 e. The topological polar surface area (TPSA) is 59.3 Å². The number of nitrogens with zero attached hydrogens (tertiary/aromatic N) is 3. The van der Waals surface area contributed by atoms with Crippen molar-refractivity contribution in [2.75, 3.05) is 20.6 Å². The molecule has 0 saturated heterocycles. The van der Waals surface area contributed by atoms with Crippen LogP contribution in [-0.4, -0.2) is 40.7 Å². The van der Waals surface area contributed by atoms with Crippen molar-refractivity contribution >= 4 is 0 Å². The van der Waals surface area contributed by atoms with Crippen molar-refractivity contribution in [3.05, 3.63) is 32.6 Å². The molecule has 1 aromatic heterocycles. The molecule has 0 aromatic carbocycles.